The number of furan rings is 1. The van der Waals surface area contributed by atoms with E-state index < -0.39 is 0 Å². The van der Waals surface area contributed by atoms with Crippen molar-refractivity contribution in [3.63, 3.8) is 0 Å². The largest absolute Gasteiger partial charge is 0.456 e. The summed E-state index contributed by atoms with van der Waals surface area (Å²) in [6.45, 7) is 0. The summed E-state index contributed by atoms with van der Waals surface area (Å²) in [5, 5.41) is 12.0. The van der Waals surface area contributed by atoms with Crippen LogP contribution in [0, 0.1) is 0 Å². The number of rotatable bonds is 4. The fourth-order valence-corrected chi connectivity index (χ4v) is 8.27. The molecule has 3 heteroatoms. The minimum Gasteiger partial charge on any atom is -0.456 e. The molecule has 3 nitrogen and oxygen atoms in total. The summed E-state index contributed by atoms with van der Waals surface area (Å²) in [6, 6.07) is 65.7. The molecule has 0 saturated carbocycles. The number of para-hydroxylation sites is 3. The van der Waals surface area contributed by atoms with Crippen LogP contribution in [0.1, 0.15) is 0 Å². The first-order valence-electron chi connectivity index (χ1n) is 17.4. The van der Waals surface area contributed by atoms with Gasteiger partial charge in [-0.25, -0.2) is 0 Å². The first-order chi connectivity index (χ1) is 25.3. The Kier molecular flexibility index (Phi) is 5.96. The average Bonchev–Trinajstić information content (AvgIpc) is 3.73. The lowest BCUT2D eigenvalue weighted by Crippen LogP contribution is -2.11. The van der Waals surface area contributed by atoms with Crippen molar-refractivity contribution in [3.8, 4) is 5.69 Å². The number of nitrogens with zero attached hydrogens (tertiary/aromatic N) is 2. The van der Waals surface area contributed by atoms with Gasteiger partial charge in [0, 0.05) is 50.1 Å². The maximum absolute atomic E-state index is 6.49. The Morgan fingerprint density at radius 3 is 1.88 bits per heavy atom. The fraction of sp³-hybridized carbons (Fsp3) is 0. The Labute approximate surface area is 293 Å². The van der Waals surface area contributed by atoms with Crippen molar-refractivity contribution >= 4 is 93.1 Å². The number of hydrogen-bond donors (Lipinski definition) is 0. The Bertz CT molecular complexity index is 3150. The van der Waals surface area contributed by atoms with E-state index in [0.717, 1.165) is 44.7 Å². The monoisotopic (exact) mass is 650 g/mol. The standard InChI is InChI=1S/C48H30N2O/c1-2-14-33(15-3-1)50-43-20-10-8-18-38(43)42-29-34(24-27-44(42)50)49(35-23-26-40-39-19-9-11-21-46(39)51-47(40)30-35)45-28-32-13-5-6-16-36(32)41-25-22-31-12-4-7-17-37(31)48(41)45/h1-30H. The van der Waals surface area contributed by atoms with Crippen LogP contribution < -0.4 is 4.90 Å². The van der Waals surface area contributed by atoms with Crippen LogP contribution in [0.25, 0.3) is 81.7 Å². The highest BCUT2D eigenvalue weighted by molar-refractivity contribution is 6.24. The van der Waals surface area contributed by atoms with E-state index in [-0.39, 0.29) is 0 Å². The summed E-state index contributed by atoms with van der Waals surface area (Å²) in [7, 11) is 0. The van der Waals surface area contributed by atoms with E-state index in [0.29, 0.717) is 0 Å². The Balaban J connectivity index is 1.26. The van der Waals surface area contributed by atoms with Gasteiger partial charge < -0.3 is 13.9 Å². The third kappa shape index (κ3) is 4.19. The van der Waals surface area contributed by atoms with E-state index in [1.807, 2.05) is 12.1 Å². The Morgan fingerprint density at radius 2 is 1.00 bits per heavy atom. The smallest absolute Gasteiger partial charge is 0.137 e. The maximum atomic E-state index is 6.49. The van der Waals surface area contributed by atoms with Crippen molar-refractivity contribution in [2.45, 2.75) is 0 Å². The summed E-state index contributed by atoms with van der Waals surface area (Å²) in [5.74, 6) is 0. The number of aromatic nitrogens is 1. The third-order valence-electron chi connectivity index (χ3n) is 10.5. The van der Waals surface area contributed by atoms with Gasteiger partial charge in [-0.1, -0.05) is 115 Å². The predicted octanol–water partition coefficient (Wildman–Crippen LogP) is 13.6. The molecule has 2 aromatic heterocycles. The van der Waals surface area contributed by atoms with Crippen LogP contribution in [0.5, 0.6) is 0 Å². The van der Waals surface area contributed by atoms with Crippen molar-refractivity contribution in [1.82, 2.24) is 4.57 Å². The normalized spacial score (nSPS) is 11.9. The van der Waals surface area contributed by atoms with Crippen molar-refractivity contribution in [1.29, 1.82) is 0 Å². The molecule has 2 heterocycles. The lowest BCUT2D eigenvalue weighted by Gasteiger charge is -2.28. The lowest BCUT2D eigenvalue weighted by atomic mass is 9.94. The molecule has 0 N–H and O–H groups in total. The molecule has 51 heavy (non-hydrogen) atoms. The first-order valence-corrected chi connectivity index (χ1v) is 17.4. The van der Waals surface area contributed by atoms with Crippen LogP contribution in [0.15, 0.2) is 186 Å². The third-order valence-corrected chi connectivity index (χ3v) is 10.5. The van der Waals surface area contributed by atoms with Gasteiger partial charge in [-0.2, -0.15) is 0 Å². The van der Waals surface area contributed by atoms with Gasteiger partial charge in [-0.3, -0.25) is 0 Å². The molecule has 238 valence electrons. The van der Waals surface area contributed by atoms with Gasteiger partial charge in [-0.05, 0) is 87.6 Å². The lowest BCUT2D eigenvalue weighted by molar-refractivity contribution is 0.669. The summed E-state index contributed by atoms with van der Waals surface area (Å²) in [4.78, 5) is 2.43. The highest BCUT2D eigenvalue weighted by Gasteiger charge is 2.22. The molecule has 0 bridgehead atoms. The van der Waals surface area contributed by atoms with Crippen LogP contribution in [0.4, 0.5) is 17.1 Å². The highest BCUT2D eigenvalue weighted by atomic mass is 16.3. The highest BCUT2D eigenvalue weighted by Crippen LogP contribution is 2.47. The molecule has 0 saturated heterocycles. The van der Waals surface area contributed by atoms with Crippen LogP contribution >= 0.6 is 0 Å². The van der Waals surface area contributed by atoms with E-state index in [1.54, 1.807) is 0 Å². The van der Waals surface area contributed by atoms with E-state index in [2.05, 4.69) is 179 Å². The number of hydrogen-bond acceptors (Lipinski definition) is 2. The molecule has 11 aromatic rings. The van der Waals surface area contributed by atoms with Gasteiger partial charge >= 0.3 is 0 Å². The zero-order valence-electron chi connectivity index (χ0n) is 27.6. The molecule has 0 aliphatic carbocycles. The molecule has 0 spiro atoms. The second-order valence-electron chi connectivity index (χ2n) is 13.3. The van der Waals surface area contributed by atoms with Crippen LogP contribution in [0.2, 0.25) is 0 Å². The molecule has 0 radical (unpaired) electrons. The molecule has 0 aliphatic heterocycles. The first kappa shape index (κ1) is 28.0. The quantitative estimate of drug-likeness (QED) is 0.177. The Morgan fingerprint density at radius 1 is 0.373 bits per heavy atom. The number of anilines is 3. The van der Waals surface area contributed by atoms with E-state index in [9.17, 15) is 0 Å². The van der Waals surface area contributed by atoms with Gasteiger partial charge in [0.05, 0.1) is 16.7 Å². The Hall–Kier alpha value is -6.84. The van der Waals surface area contributed by atoms with Crippen molar-refractivity contribution < 1.29 is 4.42 Å². The fourth-order valence-electron chi connectivity index (χ4n) is 8.27. The van der Waals surface area contributed by atoms with E-state index >= 15 is 0 Å². The molecule has 9 aromatic carbocycles. The summed E-state index contributed by atoms with van der Waals surface area (Å²) in [6.07, 6.45) is 0. The molecule has 11 rings (SSSR count). The van der Waals surface area contributed by atoms with Crippen LogP contribution in [-0.4, -0.2) is 4.57 Å². The number of benzene rings is 9. The predicted molar refractivity (Wildman–Crippen MR) is 215 cm³/mol. The molecule has 0 fully saturated rings. The van der Waals surface area contributed by atoms with Gasteiger partial charge in [0.1, 0.15) is 11.2 Å². The second kappa shape index (κ2) is 10.8. The molecule has 0 aliphatic rings. The zero-order chi connectivity index (χ0) is 33.5. The summed E-state index contributed by atoms with van der Waals surface area (Å²) >= 11 is 0. The minimum absolute atomic E-state index is 0.871. The van der Waals surface area contributed by atoms with Gasteiger partial charge in [-0.15, -0.1) is 0 Å². The second-order valence-corrected chi connectivity index (χ2v) is 13.3. The molecular formula is C48H30N2O. The van der Waals surface area contributed by atoms with Gasteiger partial charge in [0.25, 0.3) is 0 Å². The van der Waals surface area contributed by atoms with Crippen molar-refractivity contribution in [2.75, 3.05) is 4.90 Å². The summed E-state index contributed by atoms with van der Waals surface area (Å²) in [5.41, 5.74) is 8.53. The molecule has 0 unspecified atom stereocenters. The molecular weight excluding hydrogens is 621 g/mol. The number of fused-ring (bicyclic) bond motifs is 11. The van der Waals surface area contributed by atoms with Crippen molar-refractivity contribution in [3.05, 3.63) is 182 Å². The maximum Gasteiger partial charge on any atom is 0.137 e. The minimum atomic E-state index is 0.871. The SMILES string of the molecule is c1ccc(-n2c3ccccc3c3cc(N(c4ccc5c(c4)oc4ccccc45)c4cc5ccccc5c5ccc6ccccc6c45)ccc32)cc1. The van der Waals surface area contributed by atoms with Crippen LogP contribution in [-0.2, 0) is 0 Å². The van der Waals surface area contributed by atoms with Gasteiger partial charge in [0.2, 0.25) is 0 Å². The molecule has 0 amide bonds. The van der Waals surface area contributed by atoms with E-state index in [4.69, 9.17) is 4.42 Å². The van der Waals surface area contributed by atoms with E-state index in [1.165, 1.54) is 54.1 Å². The average molecular weight is 651 g/mol. The summed E-state index contributed by atoms with van der Waals surface area (Å²) < 4.78 is 8.87. The molecule has 0 atom stereocenters. The van der Waals surface area contributed by atoms with Gasteiger partial charge in [0.15, 0.2) is 0 Å². The van der Waals surface area contributed by atoms with Crippen LogP contribution in [0.3, 0.4) is 0 Å². The zero-order valence-corrected chi connectivity index (χ0v) is 27.6. The van der Waals surface area contributed by atoms with Crippen molar-refractivity contribution in [2.24, 2.45) is 0 Å². The topological polar surface area (TPSA) is 21.3 Å².